The van der Waals surface area contributed by atoms with E-state index in [4.69, 9.17) is 6.57 Å². The van der Waals surface area contributed by atoms with Crippen LogP contribution >= 0.6 is 23.1 Å². The number of carbonyl (C=O) groups excluding carboxylic acids is 1. The topological polar surface area (TPSA) is 105 Å². The van der Waals surface area contributed by atoms with Crippen LogP contribution in [0.2, 0.25) is 0 Å². The van der Waals surface area contributed by atoms with E-state index < -0.39 is 17.1 Å². The first kappa shape index (κ1) is 27.3. The lowest BCUT2D eigenvalue weighted by molar-refractivity contribution is -0.177. The molecule has 5 unspecified atom stereocenters. The van der Waals surface area contributed by atoms with Gasteiger partial charge in [-0.3, -0.25) is 9.48 Å². The first-order valence-corrected chi connectivity index (χ1v) is 16.4. The summed E-state index contributed by atoms with van der Waals surface area (Å²) in [5.74, 6) is 0.509. The fourth-order valence-electron chi connectivity index (χ4n) is 9.08. The lowest BCUT2D eigenvalue weighted by Crippen LogP contribution is -2.62. The Morgan fingerprint density at radius 2 is 2.20 bits per heavy atom. The summed E-state index contributed by atoms with van der Waals surface area (Å²) in [4.78, 5) is 27.1. The molecular formula is C31H35N5O3S2. The molecule has 0 bridgehead atoms. The van der Waals surface area contributed by atoms with Crippen molar-refractivity contribution < 1.29 is 15.0 Å². The summed E-state index contributed by atoms with van der Waals surface area (Å²) >= 11 is 2.85. The number of aliphatic hydroxyl groups is 2. The van der Waals surface area contributed by atoms with Crippen LogP contribution in [0.5, 0.6) is 0 Å². The van der Waals surface area contributed by atoms with E-state index in [1.54, 1.807) is 6.20 Å². The van der Waals surface area contributed by atoms with Crippen LogP contribution in [-0.4, -0.2) is 59.7 Å². The van der Waals surface area contributed by atoms with Gasteiger partial charge in [-0.05, 0) is 85.5 Å². The molecule has 0 radical (unpaired) electrons. The molecule has 3 aromatic rings. The second-order valence-electron chi connectivity index (χ2n) is 12.9. The fourth-order valence-corrected chi connectivity index (χ4v) is 11.0. The quantitative estimate of drug-likeness (QED) is 0.306. The first-order chi connectivity index (χ1) is 19.7. The maximum absolute atomic E-state index is 13.8. The second-order valence-corrected chi connectivity index (χ2v) is 15.1. The Labute approximate surface area is 248 Å². The predicted octanol–water partition coefficient (Wildman–Crippen LogP) is 5.05. The smallest absolute Gasteiger partial charge is 0.234 e. The molecule has 7 rings (SSSR count). The van der Waals surface area contributed by atoms with Crippen LogP contribution in [0.25, 0.3) is 21.3 Å². The van der Waals surface area contributed by atoms with Gasteiger partial charge in [-0.2, -0.15) is 5.10 Å². The van der Waals surface area contributed by atoms with E-state index in [2.05, 4.69) is 39.8 Å². The van der Waals surface area contributed by atoms with Crippen molar-refractivity contribution in [2.45, 2.75) is 75.0 Å². The summed E-state index contributed by atoms with van der Waals surface area (Å²) < 4.78 is 2.74. The van der Waals surface area contributed by atoms with Gasteiger partial charge in [0.25, 0.3) is 0 Å². The number of hydrogen-bond acceptors (Lipinski definition) is 8. The number of allylic oxidation sites excluding steroid dienone is 1. The van der Waals surface area contributed by atoms with Crippen LogP contribution in [0, 0.1) is 35.2 Å². The molecule has 2 N–H and O–H groups in total. The molecule has 41 heavy (non-hydrogen) atoms. The van der Waals surface area contributed by atoms with E-state index >= 15 is 0 Å². The SMILES string of the molecule is [C-]#[N+]CCn1ncc2c1C=C1CCC3C([C@@H](O)CC4(C)C3CC[C@]4(O)C(=O)CSc3nc4cccnc4s3)C1(C)C2. The third kappa shape index (κ3) is 3.99. The van der Waals surface area contributed by atoms with Gasteiger partial charge >= 0.3 is 0 Å². The molecule has 3 heterocycles. The van der Waals surface area contributed by atoms with Gasteiger partial charge in [0.05, 0.1) is 23.7 Å². The van der Waals surface area contributed by atoms with Gasteiger partial charge in [-0.1, -0.05) is 42.5 Å². The number of carbonyl (C=O) groups is 1. The molecule has 3 aromatic heterocycles. The van der Waals surface area contributed by atoms with Crippen LogP contribution in [0.3, 0.4) is 0 Å². The standard InChI is InChI=1S/C31H35N5O3S2/c1-29-14-18-16-34-36(12-11-32-3)23(18)13-19(29)6-7-20-21-8-9-31(39,30(21,2)15-24(37)26(20)29)25(38)17-40-28-35-22-5-4-10-33-27(22)41-28/h4-5,10,13,16,20-21,24,26,37,39H,6-9,11-12,14-15,17H2,1-2H3/t20?,21?,24-,26?,29?,30?,31-/m0/s1. The van der Waals surface area contributed by atoms with E-state index in [0.717, 1.165) is 46.1 Å². The van der Waals surface area contributed by atoms with Crippen molar-refractivity contribution >= 4 is 45.3 Å². The maximum atomic E-state index is 13.8. The molecule has 0 aliphatic heterocycles. The highest BCUT2D eigenvalue weighted by Crippen LogP contribution is 2.67. The Hall–Kier alpha value is -2.58. The van der Waals surface area contributed by atoms with Crippen molar-refractivity contribution in [1.29, 1.82) is 0 Å². The number of aliphatic hydroxyl groups excluding tert-OH is 1. The Morgan fingerprint density at radius 3 is 3.00 bits per heavy atom. The highest BCUT2D eigenvalue weighted by molar-refractivity contribution is 8.01. The van der Waals surface area contributed by atoms with Gasteiger partial charge in [-0.25, -0.2) is 16.5 Å². The lowest BCUT2D eigenvalue weighted by atomic mass is 9.45. The zero-order valence-corrected chi connectivity index (χ0v) is 25.0. The van der Waals surface area contributed by atoms with E-state index in [9.17, 15) is 15.0 Å². The zero-order valence-electron chi connectivity index (χ0n) is 23.4. The van der Waals surface area contributed by atoms with Crippen LogP contribution in [-0.2, 0) is 17.8 Å². The van der Waals surface area contributed by atoms with Crippen molar-refractivity contribution in [2.75, 3.05) is 12.3 Å². The van der Waals surface area contributed by atoms with Crippen molar-refractivity contribution in [1.82, 2.24) is 19.7 Å². The number of aromatic nitrogens is 4. The van der Waals surface area contributed by atoms with Crippen LogP contribution in [0.4, 0.5) is 0 Å². The van der Waals surface area contributed by atoms with Gasteiger partial charge in [0.2, 0.25) is 6.54 Å². The highest BCUT2D eigenvalue weighted by atomic mass is 32.2. The van der Waals surface area contributed by atoms with Gasteiger partial charge in [0, 0.05) is 11.6 Å². The molecule has 7 atom stereocenters. The molecule has 10 heteroatoms. The minimum absolute atomic E-state index is 0.0717. The zero-order chi connectivity index (χ0) is 28.6. The van der Waals surface area contributed by atoms with Crippen molar-refractivity contribution in [3.8, 4) is 0 Å². The molecular weight excluding hydrogens is 555 g/mol. The second kappa shape index (κ2) is 9.73. The Balaban J connectivity index is 1.13. The molecule has 0 amide bonds. The number of nitrogens with zero attached hydrogens (tertiary/aromatic N) is 5. The maximum Gasteiger partial charge on any atom is 0.234 e. The van der Waals surface area contributed by atoms with Crippen molar-refractivity contribution in [2.24, 2.45) is 28.6 Å². The van der Waals surface area contributed by atoms with Gasteiger partial charge in [-0.15, -0.1) is 0 Å². The van der Waals surface area contributed by atoms with E-state index in [-0.39, 0.29) is 34.7 Å². The first-order valence-electron chi connectivity index (χ1n) is 14.5. The number of thiazole rings is 1. The number of rotatable bonds is 6. The number of hydrogen-bond donors (Lipinski definition) is 2. The summed E-state index contributed by atoms with van der Waals surface area (Å²) in [5, 5.41) is 28.6. The molecule has 214 valence electrons. The lowest BCUT2D eigenvalue weighted by Gasteiger charge is -2.60. The molecule has 4 aliphatic rings. The normalized spacial score (nSPS) is 35.6. The number of thioether (sulfide) groups is 1. The minimum Gasteiger partial charge on any atom is -0.393 e. The Morgan fingerprint density at radius 1 is 1.34 bits per heavy atom. The summed E-state index contributed by atoms with van der Waals surface area (Å²) in [7, 11) is 0. The molecule has 3 saturated carbocycles. The van der Waals surface area contributed by atoms with Crippen molar-refractivity contribution in [3.63, 3.8) is 0 Å². The predicted molar refractivity (Wildman–Crippen MR) is 159 cm³/mol. The summed E-state index contributed by atoms with van der Waals surface area (Å²) in [6.45, 7) is 12.5. The Kier molecular flexibility index (Phi) is 6.47. The molecule has 0 aromatic carbocycles. The number of fused-ring (bicyclic) bond motifs is 7. The molecule has 0 spiro atoms. The fraction of sp³-hybridized carbons (Fsp3) is 0.581. The molecule has 8 nitrogen and oxygen atoms in total. The Bertz CT molecular complexity index is 1580. The van der Waals surface area contributed by atoms with Crippen molar-refractivity contribution in [3.05, 3.63) is 52.8 Å². The number of ketones is 1. The van der Waals surface area contributed by atoms with E-state index in [1.165, 1.54) is 34.2 Å². The van der Waals surface area contributed by atoms with E-state index in [0.29, 0.717) is 25.9 Å². The minimum atomic E-state index is -1.45. The average Bonchev–Trinajstić information content (AvgIpc) is 3.62. The number of Topliss-reactive ketones (excluding diaryl/α,β-unsaturated/α-hetero) is 1. The molecule has 0 saturated heterocycles. The molecule has 4 aliphatic carbocycles. The van der Waals surface area contributed by atoms with E-state index in [1.807, 2.05) is 23.0 Å². The third-order valence-electron chi connectivity index (χ3n) is 11.0. The number of pyridine rings is 1. The largest absolute Gasteiger partial charge is 0.393 e. The van der Waals surface area contributed by atoms with Gasteiger partial charge < -0.3 is 15.1 Å². The summed E-state index contributed by atoms with van der Waals surface area (Å²) in [6.07, 6.45) is 9.74. The van der Waals surface area contributed by atoms with Gasteiger partial charge in [0.1, 0.15) is 22.5 Å². The molecule has 3 fully saturated rings. The average molecular weight is 590 g/mol. The highest BCUT2D eigenvalue weighted by Gasteiger charge is 2.68. The monoisotopic (exact) mass is 589 g/mol. The van der Waals surface area contributed by atoms with Crippen LogP contribution in [0.1, 0.15) is 57.2 Å². The van der Waals surface area contributed by atoms with Crippen LogP contribution in [0.15, 0.2) is 34.4 Å². The third-order valence-corrected chi connectivity index (χ3v) is 13.1. The summed E-state index contributed by atoms with van der Waals surface area (Å²) in [6, 6.07) is 3.77. The van der Waals surface area contributed by atoms with Crippen LogP contribution < -0.4 is 0 Å². The van der Waals surface area contributed by atoms with Gasteiger partial charge in [0.15, 0.2) is 10.1 Å². The summed E-state index contributed by atoms with van der Waals surface area (Å²) in [5.41, 5.74) is 2.18.